The van der Waals surface area contributed by atoms with Gasteiger partial charge in [-0.15, -0.1) is 11.6 Å². The molecular formula is C12H16ClNO. The third kappa shape index (κ3) is 4.34. The number of hydrogen-bond acceptors (Lipinski definition) is 1. The van der Waals surface area contributed by atoms with E-state index in [1.54, 1.807) is 0 Å². The number of halogens is 1. The molecule has 0 radical (unpaired) electrons. The van der Waals surface area contributed by atoms with Crippen LogP contribution in [0.2, 0.25) is 0 Å². The fraction of sp³-hybridized carbons (Fsp3) is 0.417. The molecular weight excluding hydrogens is 210 g/mol. The summed E-state index contributed by atoms with van der Waals surface area (Å²) in [6.45, 7) is 2.07. The number of amides is 1. The van der Waals surface area contributed by atoms with Crippen molar-refractivity contribution >= 4 is 23.2 Å². The van der Waals surface area contributed by atoms with Crippen molar-refractivity contribution < 1.29 is 4.79 Å². The van der Waals surface area contributed by atoms with Gasteiger partial charge in [0.25, 0.3) is 0 Å². The molecule has 15 heavy (non-hydrogen) atoms. The molecule has 82 valence electrons. The zero-order valence-electron chi connectivity index (χ0n) is 8.92. The Bertz CT molecular complexity index is 325. The molecule has 0 aliphatic heterocycles. The zero-order chi connectivity index (χ0) is 11.1. The molecule has 1 aromatic carbocycles. The lowest BCUT2D eigenvalue weighted by molar-refractivity contribution is -0.116. The molecule has 0 aromatic heterocycles. The quantitative estimate of drug-likeness (QED) is 0.763. The summed E-state index contributed by atoms with van der Waals surface area (Å²) in [5, 5.41) is 2.85. The van der Waals surface area contributed by atoms with E-state index in [1.807, 2.05) is 24.3 Å². The fourth-order valence-electron chi connectivity index (χ4n) is 1.29. The molecule has 2 nitrogen and oxygen atoms in total. The van der Waals surface area contributed by atoms with Gasteiger partial charge in [0, 0.05) is 18.0 Å². The van der Waals surface area contributed by atoms with Crippen molar-refractivity contribution in [1.82, 2.24) is 0 Å². The second-order valence-corrected chi connectivity index (χ2v) is 3.75. The van der Waals surface area contributed by atoms with E-state index in [9.17, 15) is 4.79 Å². The van der Waals surface area contributed by atoms with Crippen LogP contribution in [0.3, 0.4) is 0 Å². The summed E-state index contributed by atoms with van der Waals surface area (Å²) < 4.78 is 0. The molecule has 0 aliphatic carbocycles. The van der Waals surface area contributed by atoms with Crippen molar-refractivity contribution in [3.8, 4) is 0 Å². The van der Waals surface area contributed by atoms with Gasteiger partial charge >= 0.3 is 0 Å². The largest absolute Gasteiger partial charge is 0.326 e. The van der Waals surface area contributed by atoms with Gasteiger partial charge in [-0.3, -0.25) is 4.79 Å². The summed E-state index contributed by atoms with van der Waals surface area (Å²) >= 11 is 5.71. The van der Waals surface area contributed by atoms with Gasteiger partial charge in [-0.25, -0.2) is 0 Å². The number of carbonyl (C=O) groups excluding carboxylic acids is 1. The highest BCUT2D eigenvalue weighted by atomic mass is 35.5. The van der Waals surface area contributed by atoms with Gasteiger partial charge in [-0.1, -0.05) is 25.5 Å². The Kier molecular flexibility index (Phi) is 5.19. The molecule has 3 heteroatoms. The van der Waals surface area contributed by atoms with E-state index in [4.69, 9.17) is 11.6 Å². The summed E-state index contributed by atoms with van der Waals surface area (Å²) in [4.78, 5) is 11.4. The average molecular weight is 226 g/mol. The third-order valence-corrected chi connectivity index (χ3v) is 2.43. The van der Waals surface area contributed by atoms with Crippen LogP contribution in [-0.4, -0.2) is 5.91 Å². The van der Waals surface area contributed by atoms with E-state index < -0.39 is 0 Å². The van der Waals surface area contributed by atoms with Crippen molar-refractivity contribution in [2.45, 2.75) is 32.1 Å². The zero-order valence-corrected chi connectivity index (χ0v) is 9.68. The minimum Gasteiger partial charge on any atom is -0.326 e. The van der Waals surface area contributed by atoms with Crippen molar-refractivity contribution in [2.75, 3.05) is 5.32 Å². The standard InChI is InChI=1S/C12H16ClNO/c1-2-3-7-12(15)14-11-6-4-5-10(8-11)9-13/h4-6,8H,2-3,7,9H2,1H3,(H,14,15). The SMILES string of the molecule is CCCCC(=O)Nc1cccc(CCl)c1. The number of hydrogen-bond donors (Lipinski definition) is 1. The number of alkyl halides is 1. The molecule has 0 fully saturated rings. The highest BCUT2D eigenvalue weighted by Gasteiger charge is 2.01. The van der Waals surface area contributed by atoms with E-state index in [-0.39, 0.29) is 5.91 Å². The average Bonchev–Trinajstić information content (AvgIpc) is 2.26. The maximum atomic E-state index is 11.4. The first kappa shape index (κ1) is 12.1. The Labute approximate surface area is 95.6 Å². The van der Waals surface area contributed by atoms with E-state index in [2.05, 4.69) is 12.2 Å². The Morgan fingerprint density at radius 3 is 2.93 bits per heavy atom. The number of nitrogens with one attached hydrogen (secondary N) is 1. The molecule has 0 atom stereocenters. The Morgan fingerprint density at radius 2 is 2.27 bits per heavy atom. The maximum Gasteiger partial charge on any atom is 0.224 e. The number of carbonyl (C=O) groups is 1. The summed E-state index contributed by atoms with van der Waals surface area (Å²) in [6.07, 6.45) is 2.55. The van der Waals surface area contributed by atoms with Crippen LogP contribution in [-0.2, 0) is 10.7 Å². The molecule has 1 rings (SSSR count). The minimum atomic E-state index is 0.0728. The summed E-state index contributed by atoms with van der Waals surface area (Å²) in [6, 6.07) is 7.61. The van der Waals surface area contributed by atoms with Crippen LogP contribution in [0.15, 0.2) is 24.3 Å². The van der Waals surface area contributed by atoms with Gasteiger partial charge in [-0.2, -0.15) is 0 Å². The second-order valence-electron chi connectivity index (χ2n) is 3.49. The minimum absolute atomic E-state index is 0.0728. The topological polar surface area (TPSA) is 29.1 Å². The highest BCUT2D eigenvalue weighted by molar-refractivity contribution is 6.17. The van der Waals surface area contributed by atoms with E-state index in [1.165, 1.54) is 0 Å². The van der Waals surface area contributed by atoms with Crippen LogP contribution in [0.4, 0.5) is 5.69 Å². The lowest BCUT2D eigenvalue weighted by Gasteiger charge is -2.05. The first-order valence-electron chi connectivity index (χ1n) is 5.21. The number of benzene rings is 1. The van der Waals surface area contributed by atoms with Crippen molar-refractivity contribution in [3.05, 3.63) is 29.8 Å². The van der Waals surface area contributed by atoms with E-state index >= 15 is 0 Å². The van der Waals surface area contributed by atoms with Gasteiger partial charge in [0.05, 0.1) is 0 Å². The predicted molar refractivity (Wildman–Crippen MR) is 64.2 cm³/mol. The highest BCUT2D eigenvalue weighted by Crippen LogP contribution is 2.12. The maximum absolute atomic E-state index is 11.4. The Hall–Kier alpha value is -1.02. The van der Waals surface area contributed by atoms with Gasteiger partial charge in [0.15, 0.2) is 0 Å². The van der Waals surface area contributed by atoms with Crippen LogP contribution in [0.1, 0.15) is 31.7 Å². The Balaban J connectivity index is 2.52. The molecule has 0 saturated heterocycles. The molecule has 0 spiro atoms. The Morgan fingerprint density at radius 1 is 1.47 bits per heavy atom. The molecule has 0 saturated carbocycles. The first-order chi connectivity index (χ1) is 7.26. The van der Waals surface area contributed by atoms with Gasteiger partial charge in [-0.05, 0) is 24.1 Å². The smallest absolute Gasteiger partial charge is 0.224 e. The van der Waals surface area contributed by atoms with Crippen molar-refractivity contribution in [2.24, 2.45) is 0 Å². The molecule has 1 N–H and O–H groups in total. The number of rotatable bonds is 5. The second kappa shape index (κ2) is 6.46. The van der Waals surface area contributed by atoms with Crippen LogP contribution >= 0.6 is 11.6 Å². The molecule has 1 aromatic rings. The first-order valence-corrected chi connectivity index (χ1v) is 5.74. The van der Waals surface area contributed by atoms with E-state index in [0.29, 0.717) is 12.3 Å². The summed E-state index contributed by atoms with van der Waals surface area (Å²) in [7, 11) is 0. The van der Waals surface area contributed by atoms with Crippen LogP contribution in [0, 0.1) is 0 Å². The lowest BCUT2D eigenvalue weighted by atomic mass is 10.2. The fourth-order valence-corrected chi connectivity index (χ4v) is 1.46. The van der Waals surface area contributed by atoms with Crippen LogP contribution in [0.5, 0.6) is 0 Å². The van der Waals surface area contributed by atoms with Crippen molar-refractivity contribution in [1.29, 1.82) is 0 Å². The van der Waals surface area contributed by atoms with Crippen molar-refractivity contribution in [3.63, 3.8) is 0 Å². The van der Waals surface area contributed by atoms with E-state index in [0.717, 1.165) is 24.1 Å². The molecule has 0 heterocycles. The molecule has 1 amide bonds. The van der Waals surface area contributed by atoms with Gasteiger partial charge in [0.1, 0.15) is 0 Å². The summed E-state index contributed by atoms with van der Waals surface area (Å²) in [5.41, 5.74) is 1.85. The molecule has 0 aliphatic rings. The van der Waals surface area contributed by atoms with Gasteiger partial charge in [0.2, 0.25) is 5.91 Å². The van der Waals surface area contributed by atoms with Crippen LogP contribution < -0.4 is 5.32 Å². The normalized spacial score (nSPS) is 10.0. The monoisotopic (exact) mass is 225 g/mol. The molecule has 0 bridgehead atoms. The molecule has 0 unspecified atom stereocenters. The van der Waals surface area contributed by atoms with Crippen LogP contribution in [0.25, 0.3) is 0 Å². The third-order valence-electron chi connectivity index (χ3n) is 2.12. The lowest BCUT2D eigenvalue weighted by Crippen LogP contribution is -2.10. The number of unbranched alkanes of at least 4 members (excludes halogenated alkanes) is 1. The number of anilines is 1. The predicted octanol–water partition coefficient (Wildman–Crippen LogP) is 3.55. The van der Waals surface area contributed by atoms with Gasteiger partial charge < -0.3 is 5.32 Å². The summed E-state index contributed by atoms with van der Waals surface area (Å²) in [5.74, 6) is 0.544.